The normalized spacial score (nSPS) is 10.9. The third-order valence-electron chi connectivity index (χ3n) is 4.56. The van der Waals surface area contributed by atoms with Crippen LogP contribution in [-0.2, 0) is 24.3 Å². The average molecular weight is 453 g/mol. The van der Waals surface area contributed by atoms with Crippen molar-refractivity contribution in [2.45, 2.75) is 33.4 Å². The molecular formula is C22H20ClF3N2O3. The van der Waals surface area contributed by atoms with Crippen LogP contribution in [0.15, 0.2) is 36.4 Å². The Morgan fingerprint density at radius 3 is 2.52 bits per heavy atom. The fourth-order valence-electron chi connectivity index (χ4n) is 3.01. The Kier molecular flexibility index (Phi) is 7.22. The van der Waals surface area contributed by atoms with Gasteiger partial charge in [0.05, 0.1) is 12.2 Å². The predicted octanol–water partition coefficient (Wildman–Crippen LogP) is 5.26. The van der Waals surface area contributed by atoms with Crippen LogP contribution < -0.4 is 4.74 Å². The van der Waals surface area contributed by atoms with E-state index in [9.17, 15) is 18.0 Å². The maximum atomic E-state index is 13.9. The van der Waals surface area contributed by atoms with Gasteiger partial charge in [0.15, 0.2) is 5.69 Å². The van der Waals surface area contributed by atoms with E-state index >= 15 is 0 Å². The highest BCUT2D eigenvalue weighted by molar-refractivity contribution is 6.30. The Labute approximate surface area is 182 Å². The lowest BCUT2D eigenvalue weighted by Crippen LogP contribution is -2.10. The van der Waals surface area contributed by atoms with Gasteiger partial charge in [0, 0.05) is 29.4 Å². The molecule has 0 unspecified atom stereocenters. The van der Waals surface area contributed by atoms with Crippen molar-refractivity contribution in [1.29, 1.82) is 0 Å². The van der Waals surface area contributed by atoms with Crippen molar-refractivity contribution in [3.8, 4) is 5.75 Å². The maximum absolute atomic E-state index is 13.9. The number of carbonyl (C=O) groups excluding carboxylic acids is 1. The zero-order chi connectivity index (χ0) is 22.5. The first kappa shape index (κ1) is 22.7. The number of aromatic nitrogens is 2. The van der Waals surface area contributed by atoms with Crippen LogP contribution in [0.4, 0.5) is 13.2 Å². The number of esters is 1. The van der Waals surface area contributed by atoms with Gasteiger partial charge in [-0.3, -0.25) is 4.68 Å². The van der Waals surface area contributed by atoms with E-state index < -0.39 is 30.0 Å². The van der Waals surface area contributed by atoms with Gasteiger partial charge in [-0.15, -0.1) is 0 Å². The summed E-state index contributed by atoms with van der Waals surface area (Å²) >= 11 is 6.09. The molecule has 164 valence electrons. The van der Waals surface area contributed by atoms with E-state index in [1.165, 1.54) is 0 Å². The number of carbonyl (C=O) groups is 1. The maximum Gasteiger partial charge on any atom is 0.358 e. The Balaban J connectivity index is 1.75. The number of halogens is 4. The first-order chi connectivity index (χ1) is 14.8. The van der Waals surface area contributed by atoms with Crippen LogP contribution in [0, 0.1) is 24.4 Å². The Morgan fingerprint density at radius 2 is 1.84 bits per heavy atom. The molecule has 0 radical (unpaired) electrons. The molecule has 0 N–H and O–H groups in total. The standard InChI is InChI=1S/C22H20ClF3N2O3/c1-3-30-22(29)20-8-13(2)28(27-20)7-6-14-9-15(23)4-5-21(14)31-12-17-18(25)10-16(24)11-19(17)26/h4-5,8-11H,3,6-7,12H2,1-2H3. The van der Waals surface area contributed by atoms with Crippen molar-refractivity contribution in [2.24, 2.45) is 0 Å². The minimum Gasteiger partial charge on any atom is -0.488 e. The number of ether oxygens (including phenoxy) is 2. The van der Waals surface area contributed by atoms with Gasteiger partial charge >= 0.3 is 5.97 Å². The van der Waals surface area contributed by atoms with Crippen molar-refractivity contribution in [3.05, 3.63) is 81.4 Å². The average Bonchev–Trinajstić information content (AvgIpc) is 3.07. The largest absolute Gasteiger partial charge is 0.488 e. The molecule has 3 rings (SSSR count). The number of rotatable bonds is 8. The van der Waals surface area contributed by atoms with Crippen LogP contribution in [0.5, 0.6) is 5.75 Å². The summed E-state index contributed by atoms with van der Waals surface area (Å²) in [5, 5.41) is 4.72. The van der Waals surface area contributed by atoms with Gasteiger partial charge in [-0.2, -0.15) is 5.10 Å². The fourth-order valence-corrected chi connectivity index (χ4v) is 3.21. The van der Waals surface area contributed by atoms with Crippen molar-refractivity contribution in [3.63, 3.8) is 0 Å². The molecule has 0 atom stereocenters. The predicted molar refractivity (Wildman–Crippen MR) is 109 cm³/mol. The summed E-state index contributed by atoms with van der Waals surface area (Å²) in [5.74, 6) is -3.16. The molecule has 31 heavy (non-hydrogen) atoms. The van der Waals surface area contributed by atoms with E-state index in [-0.39, 0.29) is 17.9 Å². The summed E-state index contributed by atoms with van der Waals surface area (Å²) in [6, 6.07) is 7.71. The van der Waals surface area contributed by atoms with Gasteiger partial charge < -0.3 is 9.47 Å². The smallest absolute Gasteiger partial charge is 0.358 e. The zero-order valence-corrected chi connectivity index (χ0v) is 17.7. The molecule has 0 aliphatic rings. The second kappa shape index (κ2) is 9.87. The van der Waals surface area contributed by atoms with Crippen molar-refractivity contribution < 1.29 is 27.4 Å². The van der Waals surface area contributed by atoms with Gasteiger partial charge in [-0.05, 0) is 50.1 Å². The number of benzene rings is 2. The Bertz CT molecular complexity index is 1080. The SMILES string of the molecule is CCOC(=O)c1cc(C)n(CCc2cc(Cl)ccc2OCc2c(F)cc(F)cc2F)n1. The van der Waals surface area contributed by atoms with E-state index in [4.69, 9.17) is 21.1 Å². The number of hydrogen-bond donors (Lipinski definition) is 0. The lowest BCUT2D eigenvalue weighted by molar-refractivity contribution is 0.0518. The van der Waals surface area contributed by atoms with Crippen LogP contribution in [-0.4, -0.2) is 22.4 Å². The molecule has 9 heteroatoms. The second-order valence-corrected chi connectivity index (χ2v) is 7.19. The van der Waals surface area contributed by atoms with Crippen LogP contribution in [0.3, 0.4) is 0 Å². The summed E-state index contributed by atoms with van der Waals surface area (Å²) in [6.45, 7) is 3.77. The Morgan fingerprint density at radius 1 is 1.13 bits per heavy atom. The molecule has 2 aromatic carbocycles. The zero-order valence-electron chi connectivity index (χ0n) is 16.9. The van der Waals surface area contributed by atoms with Crippen molar-refractivity contribution in [2.75, 3.05) is 6.61 Å². The molecule has 0 bridgehead atoms. The molecule has 0 fully saturated rings. The first-order valence-corrected chi connectivity index (χ1v) is 9.92. The highest BCUT2D eigenvalue weighted by Crippen LogP contribution is 2.26. The van der Waals surface area contributed by atoms with Gasteiger partial charge in [-0.1, -0.05) is 11.6 Å². The summed E-state index contributed by atoms with van der Waals surface area (Å²) in [5.41, 5.74) is 1.29. The molecule has 0 saturated heterocycles. The molecule has 1 aromatic heterocycles. The number of hydrogen-bond acceptors (Lipinski definition) is 4. The lowest BCUT2D eigenvalue weighted by atomic mass is 10.1. The van der Waals surface area contributed by atoms with E-state index in [1.807, 2.05) is 6.92 Å². The van der Waals surface area contributed by atoms with Crippen molar-refractivity contribution >= 4 is 17.6 Å². The number of nitrogens with zero attached hydrogens (tertiary/aromatic N) is 2. The fraction of sp³-hybridized carbons (Fsp3) is 0.273. The molecule has 0 saturated carbocycles. The first-order valence-electron chi connectivity index (χ1n) is 9.54. The van der Waals surface area contributed by atoms with Gasteiger partial charge in [-0.25, -0.2) is 18.0 Å². The molecule has 5 nitrogen and oxygen atoms in total. The third kappa shape index (κ3) is 5.58. The number of aryl methyl sites for hydroxylation is 3. The molecular weight excluding hydrogens is 433 g/mol. The molecule has 0 amide bonds. The summed E-state index contributed by atoms with van der Waals surface area (Å²) in [7, 11) is 0. The second-order valence-electron chi connectivity index (χ2n) is 6.75. The van der Waals surface area contributed by atoms with Crippen LogP contribution >= 0.6 is 11.6 Å². The van der Waals surface area contributed by atoms with E-state index in [2.05, 4.69) is 5.10 Å². The van der Waals surface area contributed by atoms with Gasteiger partial charge in [0.2, 0.25) is 0 Å². The minimum atomic E-state index is -1.02. The summed E-state index contributed by atoms with van der Waals surface area (Å²) in [6.07, 6.45) is 0.426. The highest BCUT2D eigenvalue weighted by atomic mass is 35.5. The third-order valence-corrected chi connectivity index (χ3v) is 4.79. The minimum absolute atomic E-state index is 0.212. The van der Waals surface area contributed by atoms with Crippen LogP contribution in [0.1, 0.15) is 34.2 Å². The van der Waals surface area contributed by atoms with Crippen LogP contribution in [0.2, 0.25) is 5.02 Å². The van der Waals surface area contributed by atoms with Gasteiger partial charge in [0.25, 0.3) is 0 Å². The van der Waals surface area contributed by atoms with Crippen molar-refractivity contribution in [1.82, 2.24) is 9.78 Å². The molecule has 0 aliphatic heterocycles. The van der Waals surface area contributed by atoms with E-state index in [1.54, 1.807) is 35.9 Å². The molecule has 0 spiro atoms. The monoisotopic (exact) mass is 452 g/mol. The summed E-state index contributed by atoms with van der Waals surface area (Å²) < 4.78 is 53.1. The molecule has 0 aliphatic carbocycles. The lowest BCUT2D eigenvalue weighted by Gasteiger charge is -2.13. The quantitative estimate of drug-likeness (QED) is 0.437. The highest BCUT2D eigenvalue weighted by Gasteiger charge is 2.16. The summed E-state index contributed by atoms with van der Waals surface area (Å²) in [4.78, 5) is 11.9. The Hall–Kier alpha value is -3.00. The van der Waals surface area contributed by atoms with Crippen LogP contribution in [0.25, 0.3) is 0 Å². The van der Waals surface area contributed by atoms with E-state index in [0.717, 1.165) is 5.69 Å². The van der Waals surface area contributed by atoms with Gasteiger partial charge in [0.1, 0.15) is 29.8 Å². The topological polar surface area (TPSA) is 53.4 Å². The van der Waals surface area contributed by atoms with E-state index in [0.29, 0.717) is 41.4 Å². The molecule has 3 aromatic rings. The molecule has 1 heterocycles.